The Balaban J connectivity index is -0.000000616. The Morgan fingerprint density at radius 2 is 1.03 bits per heavy atom. The molecular weight excluding hydrogens is 479 g/mol. The van der Waals surface area contributed by atoms with Crippen molar-refractivity contribution >= 4 is 27.1 Å². The van der Waals surface area contributed by atoms with E-state index in [0.717, 1.165) is 19.3 Å². The molecule has 0 unspecified atom stereocenters. The molecule has 0 saturated heterocycles. The number of hydrogen-bond acceptors (Lipinski definition) is 3. The van der Waals surface area contributed by atoms with E-state index in [1.54, 1.807) is 8.87 Å². The van der Waals surface area contributed by atoms with E-state index in [9.17, 15) is 9.90 Å². The van der Waals surface area contributed by atoms with Crippen molar-refractivity contribution in [3.63, 3.8) is 0 Å². The van der Waals surface area contributed by atoms with Crippen LogP contribution >= 0.6 is 0 Å². The van der Waals surface area contributed by atoms with Gasteiger partial charge in [0.1, 0.15) is 0 Å². The van der Waals surface area contributed by atoms with Crippen LogP contribution < -0.4 is 5.11 Å². The van der Waals surface area contributed by atoms with E-state index in [0.29, 0.717) is 0 Å². The Bertz CT molecular complexity index is 326. The van der Waals surface area contributed by atoms with Crippen LogP contribution in [0.25, 0.3) is 0 Å². The minimum Gasteiger partial charge on any atom is -0.870 e. The fourth-order valence-corrected chi connectivity index (χ4v) is 7.23. The van der Waals surface area contributed by atoms with Gasteiger partial charge in [-0.05, 0) is 38.5 Å². The number of unbranched alkanes of at least 4 members (excludes halogenated alkanes) is 13. The van der Waals surface area contributed by atoms with Gasteiger partial charge in [-0.2, -0.15) is 0 Å². The predicted molar refractivity (Wildman–Crippen MR) is 132 cm³/mol. The second-order valence-electron chi connectivity index (χ2n) is 8.16. The molecule has 3 nitrogen and oxygen atoms in total. The number of carboxylic acid groups (broad SMARTS) is 1. The minimum atomic E-state index is -0.914. The fourth-order valence-electron chi connectivity index (χ4n) is 3.07. The maximum atomic E-state index is 10.2. The zero-order chi connectivity index (χ0) is 21.8. The van der Waals surface area contributed by atoms with Crippen LogP contribution in [0, 0.1) is 0 Å². The van der Waals surface area contributed by atoms with Gasteiger partial charge in [0.15, 0.2) is 0 Å². The second kappa shape index (κ2) is 33.6. The molecule has 0 bridgehead atoms. The summed E-state index contributed by atoms with van der Waals surface area (Å²) < 4.78 is 3.25. The summed E-state index contributed by atoms with van der Waals surface area (Å²) in [6.07, 6.45) is 26.7. The summed E-state index contributed by atoms with van der Waals surface area (Å²) in [7, 11) is 0. The normalized spacial score (nSPS) is 10.2. The third-order valence-electron chi connectivity index (χ3n) is 5.06. The van der Waals surface area contributed by atoms with Gasteiger partial charge in [-0.1, -0.05) is 70.4 Å². The van der Waals surface area contributed by atoms with E-state index in [1.165, 1.54) is 89.9 Å². The van der Waals surface area contributed by atoms with Crippen LogP contribution in [0.1, 0.15) is 136 Å². The molecule has 0 heterocycles. The summed E-state index contributed by atoms with van der Waals surface area (Å²) in [4.78, 5) is 10.2. The molecule has 0 saturated carbocycles. The van der Waals surface area contributed by atoms with E-state index in [1.807, 2.05) is 0 Å². The van der Waals surface area contributed by atoms with E-state index >= 15 is 0 Å². The molecule has 0 aliphatic carbocycles. The maximum absolute atomic E-state index is 10.2. The third-order valence-corrected chi connectivity index (χ3v) is 9.09. The Hall–Kier alpha value is -0.0313. The first-order valence-electron chi connectivity index (χ1n) is 12.7. The summed E-state index contributed by atoms with van der Waals surface area (Å²) in [6, 6.07) is 0. The molecular formula is C26H52O3Sn. The van der Waals surface area contributed by atoms with Crippen LogP contribution in [0.3, 0.4) is 0 Å². The van der Waals surface area contributed by atoms with Crippen molar-refractivity contribution in [2.45, 2.75) is 145 Å². The molecule has 30 heavy (non-hydrogen) atoms. The van der Waals surface area contributed by atoms with E-state index in [2.05, 4.69) is 32.9 Å². The molecule has 0 spiro atoms. The van der Waals surface area contributed by atoms with Gasteiger partial charge in [-0.15, -0.1) is 0 Å². The molecule has 0 amide bonds. The number of aliphatic carboxylic acids is 1. The van der Waals surface area contributed by atoms with Crippen LogP contribution in [-0.4, -0.2) is 32.6 Å². The molecule has 0 aromatic rings. The molecule has 0 radical (unpaired) electrons. The molecule has 0 aliphatic rings. The van der Waals surface area contributed by atoms with Crippen molar-refractivity contribution in [2.75, 3.05) is 0 Å². The van der Waals surface area contributed by atoms with Gasteiger partial charge in [0, 0.05) is 5.97 Å². The Morgan fingerprint density at radius 1 is 0.633 bits per heavy atom. The first kappa shape index (κ1) is 34.6. The Morgan fingerprint density at radius 3 is 1.47 bits per heavy atom. The van der Waals surface area contributed by atoms with Crippen molar-refractivity contribution in [3.05, 3.63) is 12.2 Å². The van der Waals surface area contributed by atoms with Crippen molar-refractivity contribution < 1.29 is 15.4 Å². The summed E-state index contributed by atoms with van der Waals surface area (Å²) in [5.74, 6) is -0.914. The molecule has 0 rings (SSSR count). The summed E-state index contributed by atoms with van der Waals surface area (Å²) in [6.45, 7) is 6.84. The molecule has 0 atom stereocenters. The Kier molecular flexibility index (Phi) is 38.7. The first-order valence-corrected chi connectivity index (χ1v) is 16.8. The van der Waals surface area contributed by atoms with Crippen LogP contribution in [0.15, 0.2) is 12.2 Å². The summed E-state index contributed by atoms with van der Waals surface area (Å²) >= 11 is 0.149. The van der Waals surface area contributed by atoms with Crippen molar-refractivity contribution in [1.82, 2.24) is 0 Å². The van der Waals surface area contributed by atoms with Crippen LogP contribution in [-0.2, 0) is 4.79 Å². The number of carbonyl (C=O) groups is 1. The average molecular weight is 531 g/mol. The van der Waals surface area contributed by atoms with Crippen molar-refractivity contribution in [3.8, 4) is 0 Å². The number of carboxylic acids is 1. The molecule has 0 aromatic carbocycles. The van der Waals surface area contributed by atoms with Gasteiger partial charge in [-0.25, -0.2) is 0 Å². The Labute approximate surface area is 199 Å². The van der Waals surface area contributed by atoms with Crippen LogP contribution in [0.4, 0.5) is 0 Å². The maximum Gasteiger partial charge on any atom is -0.870 e. The molecule has 0 aromatic heterocycles. The molecule has 1 N–H and O–H groups in total. The van der Waals surface area contributed by atoms with Crippen LogP contribution in [0.5, 0.6) is 0 Å². The number of hydrogen-bond donors (Lipinski definition) is 0. The molecule has 0 aliphatic heterocycles. The fraction of sp³-hybridized carbons (Fsp3) is 0.885. The average Bonchev–Trinajstić information content (AvgIpc) is 2.71. The smallest absolute Gasteiger partial charge is 0.870 e. The standard InChI is InChI=1S/C18H34O2.2C4H9.H2O.Sn/c1-2-3-4-5-6-7-8-9-10-11-12-13-14-15-16-17-18(19)20;2*1-3-4-2;;/h9-10H,2-8,11-17H2,1H3,(H,19,20);2*1,3-4H2,2H3;1H2;/q;;;;+2/p-2. The monoisotopic (exact) mass is 532 g/mol. The second-order valence-corrected chi connectivity index (χ2v) is 12.4. The number of allylic oxidation sites excluding steroid dienone is 2. The van der Waals surface area contributed by atoms with E-state index in [4.69, 9.17) is 0 Å². The van der Waals surface area contributed by atoms with Gasteiger partial charge in [0.25, 0.3) is 0 Å². The topological polar surface area (TPSA) is 70.1 Å². The first-order chi connectivity index (χ1) is 14.2. The molecule has 0 fully saturated rings. The molecule has 178 valence electrons. The van der Waals surface area contributed by atoms with Gasteiger partial charge >= 0.3 is 69.5 Å². The van der Waals surface area contributed by atoms with Crippen LogP contribution in [0.2, 0.25) is 8.87 Å². The van der Waals surface area contributed by atoms with Gasteiger partial charge < -0.3 is 15.4 Å². The summed E-state index contributed by atoms with van der Waals surface area (Å²) in [5, 5.41) is 10.2. The number of rotatable bonds is 21. The third kappa shape index (κ3) is 38.6. The number of carbonyl (C=O) groups excluding carboxylic acids is 1. The zero-order valence-electron chi connectivity index (χ0n) is 20.6. The largest absolute Gasteiger partial charge is 0.870 e. The quantitative estimate of drug-likeness (QED) is 0.0865. The van der Waals surface area contributed by atoms with Gasteiger partial charge in [0.05, 0.1) is 0 Å². The SMILES string of the molecule is CCCCCCCCC=CCCCCCCCC(=O)[O-].CCC[CH2][Sn+2][CH2]CCC.[OH-]. The van der Waals surface area contributed by atoms with Crippen molar-refractivity contribution in [2.24, 2.45) is 0 Å². The predicted octanol–water partition coefficient (Wildman–Crippen LogP) is 7.72. The van der Waals surface area contributed by atoms with Crippen molar-refractivity contribution in [1.29, 1.82) is 0 Å². The van der Waals surface area contributed by atoms with Gasteiger partial charge in [0.2, 0.25) is 0 Å². The van der Waals surface area contributed by atoms with Gasteiger partial charge in [-0.3, -0.25) is 0 Å². The zero-order valence-corrected chi connectivity index (χ0v) is 23.4. The summed E-state index contributed by atoms with van der Waals surface area (Å²) in [5.41, 5.74) is 0. The minimum absolute atomic E-state index is 0. The van der Waals surface area contributed by atoms with E-state index < -0.39 is 5.97 Å². The van der Waals surface area contributed by atoms with E-state index in [-0.39, 0.29) is 33.0 Å². The molecule has 4 heteroatoms.